The second-order valence-electron chi connectivity index (χ2n) is 11.5. The Morgan fingerprint density at radius 2 is 1.67 bits per heavy atom. The molecule has 8 heteroatoms. The minimum atomic E-state index is -0.788. The Morgan fingerprint density at radius 3 is 2.38 bits per heavy atom. The van der Waals surface area contributed by atoms with Gasteiger partial charge < -0.3 is 24.9 Å². The fourth-order valence-electron chi connectivity index (χ4n) is 6.21. The van der Waals surface area contributed by atoms with Crippen molar-refractivity contribution in [2.75, 3.05) is 58.9 Å². The van der Waals surface area contributed by atoms with Crippen LogP contribution in [-0.4, -0.2) is 107 Å². The number of phenolic OH excluding ortho intramolecular Hbond substituents is 1. The molecule has 210 valence electrons. The average molecular weight is 535 g/mol. The normalized spacial score (nSPS) is 22.4. The Labute approximate surface area is 231 Å². The lowest BCUT2D eigenvalue weighted by Crippen LogP contribution is -2.53. The molecular formula is C31H42N4O4. The monoisotopic (exact) mass is 534 g/mol. The first-order valence-corrected chi connectivity index (χ1v) is 14.5. The molecule has 2 aromatic rings. The van der Waals surface area contributed by atoms with E-state index >= 15 is 0 Å². The molecule has 0 radical (unpaired) electrons. The number of amides is 1. The maximum Gasteiger partial charge on any atom is 0.304 e. The fourth-order valence-corrected chi connectivity index (χ4v) is 6.21. The molecule has 8 nitrogen and oxygen atoms in total. The highest BCUT2D eigenvalue weighted by atomic mass is 16.4. The molecule has 2 saturated heterocycles. The lowest BCUT2D eigenvalue weighted by molar-refractivity contribution is -0.137. The Kier molecular flexibility index (Phi) is 8.85. The summed E-state index contributed by atoms with van der Waals surface area (Å²) in [5.41, 5.74) is 2.77. The zero-order valence-electron chi connectivity index (χ0n) is 23.0. The van der Waals surface area contributed by atoms with E-state index in [1.807, 2.05) is 35.2 Å². The topological polar surface area (TPSA) is 87.6 Å². The molecule has 3 fully saturated rings. The van der Waals surface area contributed by atoms with Crippen LogP contribution in [-0.2, 0) is 4.79 Å². The third kappa shape index (κ3) is 7.18. The van der Waals surface area contributed by atoms with Crippen molar-refractivity contribution in [2.24, 2.45) is 5.92 Å². The van der Waals surface area contributed by atoms with Crippen molar-refractivity contribution in [3.63, 3.8) is 0 Å². The smallest absolute Gasteiger partial charge is 0.304 e. The summed E-state index contributed by atoms with van der Waals surface area (Å²) in [6.07, 6.45) is 3.68. The van der Waals surface area contributed by atoms with Crippen molar-refractivity contribution in [1.82, 2.24) is 19.6 Å². The van der Waals surface area contributed by atoms with E-state index < -0.39 is 5.97 Å². The van der Waals surface area contributed by atoms with Gasteiger partial charge in [0.25, 0.3) is 5.91 Å². The summed E-state index contributed by atoms with van der Waals surface area (Å²) in [6, 6.07) is 15.8. The van der Waals surface area contributed by atoms with Crippen molar-refractivity contribution in [3.05, 3.63) is 65.2 Å². The summed E-state index contributed by atoms with van der Waals surface area (Å²) in [4.78, 5) is 33.8. The van der Waals surface area contributed by atoms with Gasteiger partial charge in [-0.05, 0) is 74.0 Å². The van der Waals surface area contributed by atoms with Crippen LogP contribution in [0.5, 0.6) is 5.75 Å². The number of phenols is 1. The lowest BCUT2D eigenvalue weighted by Gasteiger charge is -2.44. The first-order valence-electron chi connectivity index (χ1n) is 14.5. The van der Waals surface area contributed by atoms with E-state index in [1.165, 1.54) is 19.4 Å². The number of aliphatic carboxylic acids is 1. The van der Waals surface area contributed by atoms with Crippen molar-refractivity contribution in [1.29, 1.82) is 0 Å². The maximum absolute atomic E-state index is 13.6. The number of hydrogen-bond donors (Lipinski definition) is 2. The molecule has 2 atom stereocenters. The summed E-state index contributed by atoms with van der Waals surface area (Å²) in [5, 5.41) is 19.3. The van der Waals surface area contributed by atoms with E-state index in [2.05, 4.69) is 33.8 Å². The highest BCUT2D eigenvalue weighted by molar-refractivity contribution is 5.94. The number of hydrogen-bond acceptors (Lipinski definition) is 6. The van der Waals surface area contributed by atoms with E-state index in [1.54, 1.807) is 6.07 Å². The van der Waals surface area contributed by atoms with E-state index in [4.69, 9.17) is 5.11 Å². The standard InChI is InChI=1S/C31H42N4O4/c1-23-21-33(22-24-9-10-24)16-18-35(23)30(26-6-3-8-28(36)20-26)25-5-2-7-27(19-25)31(39)34-13-4-12-32(15-17-34)14-11-29(37)38/h2-3,5-8,19-20,23-24,30,36H,4,9-18,21-22H2,1H3,(H,37,38). The van der Waals surface area contributed by atoms with Gasteiger partial charge in [-0.15, -0.1) is 0 Å². The molecule has 0 aromatic heterocycles. The van der Waals surface area contributed by atoms with E-state index in [0.717, 1.165) is 49.6 Å². The molecule has 0 bridgehead atoms. The van der Waals surface area contributed by atoms with Crippen LogP contribution in [0.3, 0.4) is 0 Å². The van der Waals surface area contributed by atoms with Crippen molar-refractivity contribution in [3.8, 4) is 5.75 Å². The lowest BCUT2D eigenvalue weighted by atomic mass is 9.93. The predicted octanol–water partition coefficient (Wildman–Crippen LogP) is 3.52. The average Bonchev–Trinajstić information content (AvgIpc) is 3.76. The van der Waals surface area contributed by atoms with Gasteiger partial charge in [0, 0.05) is 64.0 Å². The number of nitrogens with zero attached hydrogens (tertiary/aromatic N) is 4. The second-order valence-corrected chi connectivity index (χ2v) is 11.5. The van der Waals surface area contributed by atoms with Gasteiger partial charge in [-0.3, -0.25) is 14.5 Å². The molecule has 2 aromatic carbocycles. The van der Waals surface area contributed by atoms with Crippen LogP contribution in [0.2, 0.25) is 0 Å². The second kappa shape index (κ2) is 12.5. The quantitative estimate of drug-likeness (QED) is 0.509. The number of rotatable bonds is 9. The third-order valence-corrected chi connectivity index (χ3v) is 8.46. The first-order chi connectivity index (χ1) is 18.9. The number of carboxylic acid groups (broad SMARTS) is 1. The van der Waals surface area contributed by atoms with E-state index in [0.29, 0.717) is 37.8 Å². The van der Waals surface area contributed by atoms with Crippen LogP contribution < -0.4 is 0 Å². The maximum atomic E-state index is 13.6. The summed E-state index contributed by atoms with van der Waals surface area (Å²) in [7, 11) is 0. The number of benzene rings is 2. The number of carboxylic acids is 1. The zero-order valence-corrected chi connectivity index (χ0v) is 23.0. The number of carbonyl (C=O) groups is 2. The van der Waals surface area contributed by atoms with Crippen LogP contribution in [0.4, 0.5) is 0 Å². The molecule has 2 heterocycles. The fraction of sp³-hybridized carbons (Fsp3) is 0.548. The molecule has 2 aliphatic heterocycles. The summed E-state index contributed by atoms with van der Waals surface area (Å²) in [6.45, 7) is 9.75. The molecule has 2 unspecified atom stereocenters. The van der Waals surface area contributed by atoms with E-state index in [-0.39, 0.29) is 24.1 Å². The van der Waals surface area contributed by atoms with Crippen molar-refractivity contribution in [2.45, 2.75) is 44.7 Å². The number of piperazine rings is 1. The van der Waals surface area contributed by atoms with Gasteiger partial charge >= 0.3 is 5.97 Å². The van der Waals surface area contributed by atoms with Crippen LogP contribution in [0, 0.1) is 5.92 Å². The molecule has 1 amide bonds. The highest BCUT2D eigenvalue weighted by Crippen LogP contribution is 2.35. The zero-order chi connectivity index (χ0) is 27.4. The van der Waals surface area contributed by atoms with Gasteiger partial charge in [-0.25, -0.2) is 0 Å². The van der Waals surface area contributed by atoms with Crippen LogP contribution in [0.15, 0.2) is 48.5 Å². The Bertz CT molecular complexity index is 1150. The van der Waals surface area contributed by atoms with Gasteiger partial charge in [-0.1, -0.05) is 24.3 Å². The molecule has 5 rings (SSSR count). The Morgan fingerprint density at radius 1 is 0.923 bits per heavy atom. The first kappa shape index (κ1) is 27.6. The number of carbonyl (C=O) groups excluding carboxylic acids is 1. The Balaban J connectivity index is 1.34. The van der Waals surface area contributed by atoms with Crippen LogP contribution in [0.25, 0.3) is 0 Å². The molecule has 1 aliphatic carbocycles. The predicted molar refractivity (Wildman–Crippen MR) is 151 cm³/mol. The minimum Gasteiger partial charge on any atom is -0.508 e. The van der Waals surface area contributed by atoms with Gasteiger partial charge in [0.2, 0.25) is 0 Å². The summed E-state index contributed by atoms with van der Waals surface area (Å²) < 4.78 is 0. The molecule has 3 aliphatic rings. The molecular weight excluding hydrogens is 492 g/mol. The molecule has 2 N–H and O–H groups in total. The Hall–Kier alpha value is -2.94. The molecule has 1 saturated carbocycles. The summed E-state index contributed by atoms with van der Waals surface area (Å²) in [5.74, 6) is 0.358. The van der Waals surface area contributed by atoms with Gasteiger partial charge in [0.05, 0.1) is 12.5 Å². The number of aromatic hydroxyl groups is 1. The third-order valence-electron chi connectivity index (χ3n) is 8.46. The highest BCUT2D eigenvalue weighted by Gasteiger charge is 2.34. The van der Waals surface area contributed by atoms with Crippen LogP contribution in [0.1, 0.15) is 60.1 Å². The van der Waals surface area contributed by atoms with Gasteiger partial charge in [-0.2, -0.15) is 0 Å². The summed E-state index contributed by atoms with van der Waals surface area (Å²) >= 11 is 0. The van der Waals surface area contributed by atoms with Gasteiger partial charge in [0.1, 0.15) is 5.75 Å². The van der Waals surface area contributed by atoms with Crippen molar-refractivity contribution < 1.29 is 19.8 Å². The van der Waals surface area contributed by atoms with Gasteiger partial charge in [0.15, 0.2) is 0 Å². The van der Waals surface area contributed by atoms with E-state index in [9.17, 15) is 14.7 Å². The van der Waals surface area contributed by atoms with Crippen molar-refractivity contribution >= 4 is 11.9 Å². The SMILES string of the molecule is CC1CN(CC2CC2)CCN1C(c1cccc(O)c1)c1cccc(C(=O)N2CCCN(CCC(=O)O)CC2)c1. The molecule has 0 spiro atoms. The van der Waals surface area contributed by atoms with Crippen LogP contribution >= 0.6 is 0 Å². The molecule has 39 heavy (non-hydrogen) atoms. The largest absolute Gasteiger partial charge is 0.508 e. The minimum absolute atomic E-state index is 0.0221.